The molecule has 1 unspecified atom stereocenters. The van der Waals surface area contributed by atoms with Crippen molar-refractivity contribution in [1.29, 1.82) is 0 Å². The summed E-state index contributed by atoms with van der Waals surface area (Å²) in [5.41, 5.74) is 1.68. The van der Waals surface area contributed by atoms with Gasteiger partial charge in [-0.25, -0.2) is 0 Å². The van der Waals surface area contributed by atoms with Crippen molar-refractivity contribution >= 4 is 17.5 Å². The van der Waals surface area contributed by atoms with Crippen molar-refractivity contribution in [3.63, 3.8) is 0 Å². The maximum absolute atomic E-state index is 12.3. The minimum Gasteiger partial charge on any atom is -0.337 e. The number of nitrogens with zero attached hydrogens (tertiary/aromatic N) is 4. The number of pyridine rings is 1. The number of hydrogen-bond acceptors (Lipinski definition) is 5. The Morgan fingerprint density at radius 2 is 2.12 bits per heavy atom. The Morgan fingerprint density at radius 1 is 1.24 bits per heavy atom. The van der Waals surface area contributed by atoms with E-state index in [0.29, 0.717) is 36.1 Å². The van der Waals surface area contributed by atoms with E-state index in [2.05, 4.69) is 15.1 Å². The normalized spacial score (nSPS) is 17.2. The fourth-order valence-corrected chi connectivity index (χ4v) is 3.18. The van der Waals surface area contributed by atoms with Gasteiger partial charge in [0.05, 0.1) is 0 Å². The van der Waals surface area contributed by atoms with E-state index in [4.69, 9.17) is 16.1 Å². The molecule has 1 saturated heterocycles. The highest BCUT2D eigenvalue weighted by atomic mass is 35.5. The Morgan fingerprint density at radius 3 is 2.92 bits per heavy atom. The highest BCUT2D eigenvalue weighted by molar-refractivity contribution is 6.31. The lowest BCUT2D eigenvalue weighted by atomic mass is 10.2. The Hall–Kier alpha value is -2.73. The van der Waals surface area contributed by atoms with Crippen molar-refractivity contribution in [3.05, 3.63) is 65.3 Å². The molecular weight excluding hydrogens is 340 g/mol. The largest absolute Gasteiger partial charge is 0.337 e. The van der Waals surface area contributed by atoms with E-state index in [1.807, 2.05) is 36.4 Å². The molecule has 3 aromatic rings. The van der Waals surface area contributed by atoms with Gasteiger partial charge >= 0.3 is 0 Å². The Balaban J connectivity index is 1.60. The molecule has 1 aliphatic rings. The highest BCUT2D eigenvalue weighted by Gasteiger charge is 2.36. The van der Waals surface area contributed by atoms with Gasteiger partial charge in [0.15, 0.2) is 0 Å². The van der Waals surface area contributed by atoms with Gasteiger partial charge in [-0.15, -0.1) is 0 Å². The lowest BCUT2D eigenvalue weighted by Gasteiger charge is -2.22. The lowest BCUT2D eigenvalue weighted by Crippen LogP contribution is -2.27. The second-order valence-corrected chi connectivity index (χ2v) is 6.27. The first-order valence-electron chi connectivity index (χ1n) is 7.99. The maximum atomic E-state index is 12.3. The van der Waals surface area contributed by atoms with Gasteiger partial charge < -0.3 is 9.42 Å². The fourth-order valence-electron chi connectivity index (χ4n) is 2.98. The van der Waals surface area contributed by atoms with E-state index in [9.17, 15) is 4.79 Å². The molecule has 1 atom stereocenters. The van der Waals surface area contributed by atoms with Crippen LogP contribution in [0, 0.1) is 0 Å². The molecule has 1 aliphatic heterocycles. The zero-order valence-corrected chi connectivity index (χ0v) is 14.1. The average Bonchev–Trinajstić information content (AvgIpc) is 3.25. The Bertz CT molecular complexity index is 897. The summed E-state index contributed by atoms with van der Waals surface area (Å²) in [5, 5.41) is 4.67. The number of carbonyl (C=O) groups is 1. The maximum Gasteiger partial charge on any atom is 0.249 e. The van der Waals surface area contributed by atoms with Crippen LogP contribution >= 0.6 is 11.6 Å². The number of rotatable bonds is 4. The van der Waals surface area contributed by atoms with Crippen molar-refractivity contribution < 1.29 is 9.32 Å². The SMILES string of the molecule is O=C1CCC(c2nc(-c3cccnc3)no2)N1Cc1ccccc1Cl. The third kappa shape index (κ3) is 3.13. The molecule has 0 aliphatic carbocycles. The summed E-state index contributed by atoms with van der Waals surface area (Å²) in [6.45, 7) is 0.424. The van der Waals surface area contributed by atoms with Crippen molar-refractivity contribution in [2.24, 2.45) is 0 Å². The van der Waals surface area contributed by atoms with E-state index in [0.717, 1.165) is 11.1 Å². The molecule has 0 N–H and O–H groups in total. The van der Waals surface area contributed by atoms with Crippen molar-refractivity contribution in [3.8, 4) is 11.4 Å². The Kier molecular flexibility index (Phi) is 4.19. The molecule has 0 spiro atoms. The van der Waals surface area contributed by atoms with Gasteiger partial charge in [0.2, 0.25) is 17.6 Å². The third-order valence-corrected chi connectivity index (χ3v) is 4.64. The molecule has 0 saturated carbocycles. The number of carbonyl (C=O) groups excluding carboxylic acids is 1. The minimum atomic E-state index is -0.235. The molecule has 0 bridgehead atoms. The van der Waals surface area contributed by atoms with Gasteiger partial charge in [-0.05, 0) is 30.2 Å². The fraction of sp³-hybridized carbons (Fsp3) is 0.222. The third-order valence-electron chi connectivity index (χ3n) is 4.27. The van der Waals surface area contributed by atoms with Gasteiger partial charge in [0.25, 0.3) is 0 Å². The van der Waals surface area contributed by atoms with Crippen molar-refractivity contribution in [2.45, 2.75) is 25.4 Å². The number of hydrogen-bond donors (Lipinski definition) is 0. The molecule has 2 aromatic heterocycles. The van der Waals surface area contributed by atoms with Crippen LogP contribution in [0.2, 0.25) is 5.02 Å². The smallest absolute Gasteiger partial charge is 0.249 e. The zero-order chi connectivity index (χ0) is 17.2. The standard InChI is InChI=1S/C18H15ClN4O2/c19-14-6-2-1-4-13(14)11-23-15(7-8-16(23)24)18-21-17(22-25-18)12-5-3-9-20-10-12/h1-6,9-10,15H,7-8,11H2. The summed E-state index contributed by atoms with van der Waals surface area (Å²) in [5.74, 6) is 0.975. The second-order valence-electron chi connectivity index (χ2n) is 5.87. The van der Waals surface area contributed by atoms with E-state index in [1.54, 1.807) is 17.3 Å². The van der Waals surface area contributed by atoms with Crippen LogP contribution in [0.1, 0.15) is 30.3 Å². The van der Waals surface area contributed by atoms with Crippen LogP contribution in [-0.4, -0.2) is 25.9 Å². The van der Waals surface area contributed by atoms with Crippen LogP contribution in [0.5, 0.6) is 0 Å². The monoisotopic (exact) mass is 354 g/mol. The molecular formula is C18H15ClN4O2. The highest BCUT2D eigenvalue weighted by Crippen LogP contribution is 2.34. The molecule has 126 valence electrons. The van der Waals surface area contributed by atoms with Crippen molar-refractivity contribution in [1.82, 2.24) is 20.0 Å². The van der Waals surface area contributed by atoms with Gasteiger partial charge in [-0.1, -0.05) is 35.0 Å². The topological polar surface area (TPSA) is 72.1 Å². The van der Waals surface area contributed by atoms with Crippen LogP contribution in [0.4, 0.5) is 0 Å². The quantitative estimate of drug-likeness (QED) is 0.715. The minimum absolute atomic E-state index is 0.0612. The van der Waals surface area contributed by atoms with E-state index in [1.165, 1.54) is 0 Å². The van der Waals surface area contributed by atoms with Gasteiger partial charge in [-0.2, -0.15) is 4.98 Å². The molecule has 3 heterocycles. The molecule has 7 heteroatoms. The number of benzene rings is 1. The summed E-state index contributed by atoms with van der Waals surface area (Å²) in [4.78, 5) is 22.6. The molecule has 25 heavy (non-hydrogen) atoms. The van der Waals surface area contributed by atoms with E-state index >= 15 is 0 Å². The van der Waals surface area contributed by atoms with Crippen LogP contribution in [0.3, 0.4) is 0 Å². The predicted molar refractivity (Wildman–Crippen MR) is 91.5 cm³/mol. The lowest BCUT2D eigenvalue weighted by molar-refractivity contribution is -0.129. The first-order valence-corrected chi connectivity index (χ1v) is 8.37. The predicted octanol–water partition coefficient (Wildman–Crippen LogP) is 3.65. The van der Waals surface area contributed by atoms with Crippen LogP contribution < -0.4 is 0 Å². The van der Waals surface area contributed by atoms with Crippen LogP contribution in [-0.2, 0) is 11.3 Å². The average molecular weight is 355 g/mol. The first-order chi connectivity index (χ1) is 12.2. The summed E-state index contributed by atoms with van der Waals surface area (Å²) in [7, 11) is 0. The summed E-state index contributed by atoms with van der Waals surface area (Å²) >= 11 is 6.23. The zero-order valence-electron chi connectivity index (χ0n) is 13.3. The van der Waals surface area contributed by atoms with Gasteiger partial charge in [0.1, 0.15) is 6.04 Å². The summed E-state index contributed by atoms with van der Waals surface area (Å²) in [6.07, 6.45) is 4.47. The van der Waals surface area contributed by atoms with E-state index < -0.39 is 0 Å². The van der Waals surface area contributed by atoms with Crippen molar-refractivity contribution in [2.75, 3.05) is 0 Å². The number of likely N-dealkylation sites (tertiary alicyclic amines) is 1. The molecule has 1 amide bonds. The van der Waals surface area contributed by atoms with Crippen LogP contribution in [0.25, 0.3) is 11.4 Å². The number of halogens is 1. The van der Waals surface area contributed by atoms with Gasteiger partial charge in [0, 0.05) is 35.9 Å². The van der Waals surface area contributed by atoms with Crippen LogP contribution in [0.15, 0.2) is 53.3 Å². The first kappa shape index (κ1) is 15.8. The molecule has 6 nitrogen and oxygen atoms in total. The molecule has 4 rings (SSSR count). The molecule has 1 aromatic carbocycles. The van der Waals surface area contributed by atoms with Gasteiger partial charge in [-0.3, -0.25) is 9.78 Å². The van der Waals surface area contributed by atoms with E-state index in [-0.39, 0.29) is 11.9 Å². The summed E-state index contributed by atoms with van der Waals surface area (Å²) < 4.78 is 5.43. The number of aromatic nitrogens is 3. The molecule has 0 radical (unpaired) electrons. The number of amides is 1. The Labute approximate surface area is 149 Å². The summed E-state index contributed by atoms with van der Waals surface area (Å²) in [6, 6.07) is 11.0. The second kappa shape index (κ2) is 6.64. The molecule has 1 fully saturated rings.